The molecule has 0 aliphatic heterocycles. The summed E-state index contributed by atoms with van der Waals surface area (Å²) in [6, 6.07) is 0. The maximum absolute atomic E-state index is 12.7. The van der Waals surface area contributed by atoms with Gasteiger partial charge in [-0.2, -0.15) is 0 Å². The molecule has 0 saturated heterocycles. The lowest BCUT2D eigenvalue weighted by Crippen LogP contribution is -2.30. The van der Waals surface area contributed by atoms with Crippen LogP contribution in [0.1, 0.15) is 279 Å². The predicted octanol–water partition coefficient (Wildman–Crippen LogP) is 16.1. The van der Waals surface area contributed by atoms with E-state index in [0.717, 1.165) is 69.6 Å². The van der Waals surface area contributed by atoms with Gasteiger partial charge in [-0.15, -0.1) is 0 Å². The quantitative estimate of drug-likeness (QED) is 0.0346. The Labute approximate surface area is 355 Å². The van der Waals surface area contributed by atoms with Crippen molar-refractivity contribution in [3.63, 3.8) is 0 Å². The minimum absolute atomic E-state index is 0.0649. The van der Waals surface area contributed by atoms with Gasteiger partial charge in [-0.3, -0.25) is 14.4 Å². The first kappa shape index (κ1) is 55.4. The Bertz CT molecular complexity index is 872. The summed E-state index contributed by atoms with van der Waals surface area (Å²) in [6.07, 6.45) is 43.8. The number of ether oxygens (including phenoxy) is 3. The van der Waals surface area contributed by atoms with Crippen LogP contribution in [0.2, 0.25) is 0 Å². The molecule has 0 bridgehead atoms. The molecule has 0 N–H and O–H groups in total. The van der Waals surface area contributed by atoms with E-state index in [-0.39, 0.29) is 31.1 Å². The van der Waals surface area contributed by atoms with Crippen LogP contribution in [0.3, 0.4) is 0 Å². The van der Waals surface area contributed by atoms with Crippen molar-refractivity contribution in [2.24, 2.45) is 11.8 Å². The summed E-state index contributed by atoms with van der Waals surface area (Å²) >= 11 is 0. The fourth-order valence-electron chi connectivity index (χ4n) is 7.60. The molecule has 0 aliphatic rings. The van der Waals surface area contributed by atoms with Crippen LogP contribution in [0.25, 0.3) is 0 Å². The topological polar surface area (TPSA) is 78.9 Å². The average Bonchev–Trinajstić information content (AvgIpc) is 3.19. The van der Waals surface area contributed by atoms with Crippen LogP contribution in [0.5, 0.6) is 0 Å². The lowest BCUT2D eigenvalue weighted by Gasteiger charge is -2.18. The molecule has 0 heterocycles. The third kappa shape index (κ3) is 43.8. The average molecular weight is 807 g/mol. The van der Waals surface area contributed by atoms with Crippen LogP contribution in [-0.2, 0) is 28.6 Å². The molecule has 0 radical (unpaired) electrons. The zero-order valence-electron chi connectivity index (χ0n) is 39.0. The third-order valence-corrected chi connectivity index (χ3v) is 11.8. The van der Waals surface area contributed by atoms with E-state index in [1.165, 1.54) is 167 Å². The van der Waals surface area contributed by atoms with Crippen molar-refractivity contribution in [3.05, 3.63) is 0 Å². The molecular formula is C51H98O6. The first-order valence-electron chi connectivity index (χ1n) is 25.3. The van der Waals surface area contributed by atoms with Gasteiger partial charge in [0.1, 0.15) is 13.2 Å². The molecule has 1 unspecified atom stereocenters. The Morgan fingerprint density at radius 3 is 1.00 bits per heavy atom. The molecular weight excluding hydrogens is 709 g/mol. The number of rotatable bonds is 45. The Morgan fingerprint density at radius 1 is 0.368 bits per heavy atom. The lowest BCUT2D eigenvalue weighted by atomic mass is 9.99. The molecule has 0 spiro atoms. The molecule has 2 atom stereocenters. The van der Waals surface area contributed by atoms with Gasteiger partial charge in [0.05, 0.1) is 0 Å². The van der Waals surface area contributed by atoms with Crippen molar-refractivity contribution in [1.82, 2.24) is 0 Å². The molecule has 0 saturated carbocycles. The standard InChI is InChI=1S/C51H98O6/c1-6-8-9-10-11-12-13-14-15-16-17-18-19-20-26-31-36-41-49(52)55-44-48(57-51(54)43-38-33-28-23-24-29-34-39-46(3)4)45-56-50(53)42-37-32-27-22-21-25-30-35-40-47(5)7-2/h46-48H,6-45H2,1-5H3/t47?,48-/m1/s1. The molecule has 0 aromatic heterocycles. The largest absolute Gasteiger partial charge is 0.462 e. The summed E-state index contributed by atoms with van der Waals surface area (Å²) < 4.78 is 16.8. The number of carbonyl (C=O) groups excluding carboxylic acids is 3. The van der Waals surface area contributed by atoms with Crippen molar-refractivity contribution in [3.8, 4) is 0 Å². The van der Waals surface area contributed by atoms with Crippen molar-refractivity contribution in [1.29, 1.82) is 0 Å². The summed E-state index contributed by atoms with van der Waals surface area (Å²) in [5.74, 6) is 0.770. The Morgan fingerprint density at radius 2 is 0.667 bits per heavy atom. The van der Waals surface area contributed by atoms with E-state index in [1.54, 1.807) is 0 Å². The molecule has 0 aromatic carbocycles. The number of hydrogen-bond donors (Lipinski definition) is 0. The first-order valence-corrected chi connectivity index (χ1v) is 25.3. The fraction of sp³-hybridized carbons (Fsp3) is 0.941. The summed E-state index contributed by atoms with van der Waals surface area (Å²) in [5, 5.41) is 0. The maximum Gasteiger partial charge on any atom is 0.306 e. The van der Waals surface area contributed by atoms with E-state index in [4.69, 9.17) is 14.2 Å². The summed E-state index contributed by atoms with van der Waals surface area (Å²) in [6.45, 7) is 11.3. The van der Waals surface area contributed by atoms with Gasteiger partial charge in [0, 0.05) is 19.3 Å². The summed E-state index contributed by atoms with van der Waals surface area (Å²) in [7, 11) is 0. The molecule has 0 aliphatic carbocycles. The van der Waals surface area contributed by atoms with E-state index in [0.29, 0.717) is 19.3 Å². The van der Waals surface area contributed by atoms with Crippen LogP contribution in [0.4, 0.5) is 0 Å². The van der Waals surface area contributed by atoms with E-state index < -0.39 is 6.10 Å². The van der Waals surface area contributed by atoms with Crippen molar-refractivity contribution >= 4 is 17.9 Å². The van der Waals surface area contributed by atoms with Crippen molar-refractivity contribution in [2.75, 3.05) is 13.2 Å². The van der Waals surface area contributed by atoms with E-state index in [2.05, 4.69) is 34.6 Å². The number of esters is 3. The van der Waals surface area contributed by atoms with Crippen LogP contribution in [0.15, 0.2) is 0 Å². The zero-order valence-corrected chi connectivity index (χ0v) is 39.0. The third-order valence-electron chi connectivity index (χ3n) is 11.8. The van der Waals surface area contributed by atoms with Gasteiger partial charge in [-0.25, -0.2) is 0 Å². The van der Waals surface area contributed by atoms with Crippen LogP contribution >= 0.6 is 0 Å². The number of unbranched alkanes of at least 4 members (excludes halogenated alkanes) is 29. The summed E-state index contributed by atoms with van der Waals surface area (Å²) in [5.41, 5.74) is 0. The Hall–Kier alpha value is -1.59. The molecule has 6 heteroatoms. The maximum atomic E-state index is 12.7. The SMILES string of the molecule is CCCCCCCCCCCCCCCCCCCC(=O)OC[C@H](COC(=O)CCCCCCCCCCC(C)CC)OC(=O)CCCCCCCCCC(C)C. The second-order valence-corrected chi connectivity index (χ2v) is 18.2. The highest BCUT2D eigenvalue weighted by atomic mass is 16.6. The minimum atomic E-state index is -0.762. The minimum Gasteiger partial charge on any atom is -0.462 e. The first-order chi connectivity index (χ1) is 27.8. The second kappa shape index (κ2) is 44.0. The van der Waals surface area contributed by atoms with Gasteiger partial charge < -0.3 is 14.2 Å². The Balaban J connectivity index is 4.27. The van der Waals surface area contributed by atoms with E-state index in [1.807, 2.05) is 0 Å². The highest BCUT2D eigenvalue weighted by molar-refractivity contribution is 5.71. The smallest absolute Gasteiger partial charge is 0.306 e. The Kier molecular flexibility index (Phi) is 42.7. The highest BCUT2D eigenvalue weighted by Crippen LogP contribution is 2.17. The van der Waals surface area contributed by atoms with E-state index in [9.17, 15) is 14.4 Å². The molecule has 0 fully saturated rings. The van der Waals surface area contributed by atoms with Gasteiger partial charge in [-0.1, -0.05) is 240 Å². The lowest BCUT2D eigenvalue weighted by molar-refractivity contribution is -0.167. The van der Waals surface area contributed by atoms with Crippen molar-refractivity contribution in [2.45, 2.75) is 285 Å². The molecule has 0 aromatic rings. The van der Waals surface area contributed by atoms with Crippen LogP contribution < -0.4 is 0 Å². The fourth-order valence-corrected chi connectivity index (χ4v) is 7.60. The molecule has 0 rings (SSSR count). The monoisotopic (exact) mass is 807 g/mol. The van der Waals surface area contributed by atoms with Crippen LogP contribution in [-0.4, -0.2) is 37.2 Å². The second-order valence-electron chi connectivity index (χ2n) is 18.2. The van der Waals surface area contributed by atoms with Gasteiger partial charge in [0.2, 0.25) is 0 Å². The molecule has 338 valence electrons. The van der Waals surface area contributed by atoms with Gasteiger partial charge in [-0.05, 0) is 31.1 Å². The van der Waals surface area contributed by atoms with E-state index >= 15 is 0 Å². The highest BCUT2D eigenvalue weighted by Gasteiger charge is 2.19. The number of hydrogen-bond acceptors (Lipinski definition) is 6. The van der Waals surface area contributed by atoms with Gasteiger partial charge in [0.25, 0.3) is 0 Å². The molecule has 0 amide bonds. The number of carbonyl (C=O) groups is 3. The van der Waals surface area contributed by atoms with Gasteiger partial charge >= 0.3 is 17.9 Å². The normalized spacial score (nSPS) is 12.5. The van der Waals surface area contributed by atoms with Gasteiger partial charge in [0.15, 0.2) is 6.10 Å². The van der Waals surface area contributed by atoms with Crippen LogP contribution in [0, 0.1) is 11.8 Å². The predicted molar refractivity (Wildman–Crippen MR) is 243 cm³/mol. The molecule has 57 heavy (non-hydrogen) atoms. The molecule has 6 nitrogen and oxygen atoms in total. The summed E-state index contributed by atoms with van der Waals surface area (Å²) in [4.78, 5) is 37.8. The zero-order chi connectivity index (χ0) is 41.9. The van der Waals surface area contributed by atoms with Crippen molar-refractivity contribution < 1.29 is 28.6 Å².